The van der Waals surface area contributed by atoms with Crippen LogP contribution in [0.4, 0.5) is 28.8 Å². The summed E-state index contributed by atoms with van der Waals surface area (Å²) in [5.74, 6) is -2.07. The Morgan fingerprint density at radius 1 is 0.654 bits per heavy atom. The maximum Gasteiger partial charge on any atom is 0.342 e. The number of carbonyl (C=O) groups is 6. The predicted molar refractivity (Wildman–Crippen MR) is 74.1 cm³/mol. The van der Waals surface area contributed by atoms with Gasteiger partial charge in [-0.05, 0) is 19.4 Å². The second kappa shape index (κ2) is 3.24. The molecule has 14 nitrogen and oxygen atoms in total. The van der Waals surface area contributed by atoms with E-state index in [1.165, 1.54) is 0 Å². The highest BCUT2D eigenvalue weighted by Gasteiger charge is 3.04. The molecule has 0 aromatic heterocycles. The van der Waals surface area contributed by atoms with E-state index in [1.54, 1.807) is 0 Å². The largest absolute Gasteiger partial charge is 0.342 e. The summed E-state index contributed by atoms with van der Waals surface area (Å²) in [4.78, 5) is 79.5. The van der Waals surface area contributed by atoms with Crippen molar-refractivity contribution in [2.45, 2.75) is 30.0 Å². The van der Waals surface area contributed by atoms with Gasteiger partial charge >= 0.3 is 36.2 Å². The molecule has 0 aromatic carbocycles. The van der Waals surface area contributed by atoms with Gasteiger partial charge in [-0.1, -0.05) is 0 Å². The number of hydrogen-bond donors (Lipinski definition) is 2. The molecule has 0 aromatic rings. The molecule has 6 heterocycles. The second-order valence-corrected chi connectivity index (χ2v) is 6.82. The van der Waals surface area contributed by atoms with Crippen molar-refractivity contribution in [1.29, 1.82) is 0 Å². The molecule has 6 aliphatic rings. The highest BCUT2D eigenvalue weighted by Crippen LogP contribution is 2.71. The number of urea groups is 6. The van der Waals surface area contributed by atoms with Gasteiger partial charge in [-0.15, -0.1) is 0 Å². The average molecular weight is 362 g/mol. The summed E-state index contributed by atoms with van der Waals surface area (Å²) >= 11 is 0. The number of carbonyl (C=O) groups excluding carboxylic acids is 6. The molecule has 1 spiro atoms. The van der Waals surface area contributed by atoms with Crippen molar-refractivity contribution < 1.29 is 28.8 Å². The number of nitrogens with two attached hydrogens (primary N) is 2. The first kappa shape index (κ1) is 14.0. The van der Waals surface area contributed by atoms with Gasteiger partial charge in [0.25, 0.3) is 0 Å². The SMILES string of the molecule is NCCCC12N3C(=O)N1C(=O)N(C3=O)C21N2C(=O)N3C(=O)N(C2=O)C31N. The van der Waals surface area contributed by atoms with Gasteiger partial charge in [-0.2, -0.15) is 0 Å². The lowest BCUT2D eigenvalue weighted by atomic mass is 9.79. The van der Waals surface area contributed by atoms with Crippen LogP contribution in [0.2, 0.25) is 0 Å². The van der Waals surface area contributed by atoms with E-state index >= 15 is 0 Å². The molecule has 6 aliphatic heterocycles. The van der Waals surface area contributed by atoms with Crippen LogP contribution in [-0.2, 0) is 0 Å². The molecule has 6 fully saturated rings. The summed E-state index contributed by atoms with van der Waals surface area (Å²) in [7, 11) is 0. The maximum atomic E-state index is 12.8. The van der Waals surface area contributed by atoms with Crippen LogP contribution in [0.15, 0.2) is 0 Å². The summed E-state index contributed by atoms with van der Waals surface area (Å²) in [6.45, 7) is 0.169. The van der Waals surface area contributed by atoms with E-state index in [1.807, 2.05) is 0 Å². The number of rotatable bonds is 3. The molecule has 0 radical (unpaired) electrons. The van der Waals surface area contributed by atoms with Crippen LogP contribution in [-0.4, -0.2) is 89.2 Å². The van der Waals surface area contributed by atoms with Gasteiger partial charge in [-0.25, -0.2) is 58.2 Å². The third-order valence-corrected chi connectivity index (χ3v) is 6.17. The van der Waals surface area contributed by atoms with Gasteiger partial charge in [0.1, 0.15) is 0 Å². The quantitative estimate of drug-likeness (QED) is 0.600. The van der Waals surface area contributed by atoms with E-state index in [0.717, 1.165) is 9.80 Å². The Bertz CT molecular complexity index is 890. The molecule has 4 N–H and O–H groups in total. The Morgan fingerprint density at radius 2 is 1.04 bits per heavy atom. The zero-order valence-corrected chi connectivity index (χ0v) is 12.9. The lowest BCUT2D eigenvalue weighted by molar-refractivity contribution is -0.134. The van der Waals surface area contributed by atoms with Crippen LogP contribution in [0.3, 0.4) is 0 Å². The highest BCUT2D eigenvalue weighted by molar-refractivity contribution is 6.28. The minimum Gasteiger partial charge on any atom is -0.330 e. The van der Waals surface area contributed by atoms with Gasteiger partial charge in [0.05, 0.1) is 0 Å². The Hall–Kier alpha value is -3.26. The molecule has 6 saturated heterocycles. The highest BCUT2D eigenvalue weighted by atomic mass is 16.3. The molecule has 1 atom stereocenters. The van der Waals surface area contributed by atoms with E-state index in [2.05, 4.69) is 0 Å². The number of hydrogen-bond acceptors (Lipinski definition) is 8. The van der Waals surface area contributed by atoms with E-state index in [-0.39, 0.29) is 19.4 Å². The van der Waals surface area contributed by atoms with Crippen LogP contribution >= 0.6 is 0 Å². The van der Waals surface area contributed by atoms with E-state index < -0.39 is 53.3 Å². The van der Waals surface area contributed by atoms with Gasteiger partial charge in [0.15, 0.2) is 5.66 Å². The second-order valence-electron chi connectivity index (χ2n) is 6.82. The van der Waals surface area contributed by atoms with Crippen molar-refractivity contribution in [2.75, 3.05) is 6.54 Å². The lowest BCUT2D eigenvalue weighted by Gasteiger charge is -2.57. The van der Waals surface area contributed by atoms with Crippen molar-refractivity contribution in [3.8, 4) is 0 Å². The first-order valence-corrected chi connectivity index (χ1v) is 7.80. The summed E-state index contributed by atoms with van der Waals surface area (Å²) in [5, 5.41) is 0. The zero-order chi connectivity index (χ0) is 18.5. The van der Waals surface area contributed by atoms with Gasteiger partial charge in [-0.3, -0.25) is 5.73 Å². The topological polar surface area (TPSA) is 174 Å². The maximum absolute atomic E-state index is 12.8. The van der Waals surface area contributed by atoms with Crippen LogP contribution in [0, 0.1) is 0 Å². The number of imide groups is 6. The standard InChI is InChI=1S/C12H10N8O6/c13-3-1-2-10-11(17-5(22)15(10)4(21)16(10)6(17)23)12(14)19-7(24)18(11)8(25)20(12)9(19)26/h1-3,13-14H2. The predicted octanol–water partition coefficient (Wildman–Crippen LogP) is -1.66. The van der Waals surface area contributed by atoms with Crippen LogP contribution in [0.5, 0.6) is 0 Å². The van der Waals surface area contributed by atoms with Crippen molar-refractivity contribution in [3.63, 3.8) is 0 Å². The molecular formula is C12H10N8O6. The Kier molecular flexibility index (Phi) is 1.74. The summed E-state index contributed by atoms with van der Waals surface area (Å²) in [5.41, 5.74) is 8.19. The molecule has 12 amide bonds. The Morgan fingerprint density at radius 3 is 1.50 bits per heavy atom. The third-order valence-electron chi connectivity index (χ3n) is 6.17. The normalized spacial score (nSPS) is 40.8. The van der Waals surface area contributed by atoms with E-state index in [9.17, 15) is 28.8 Å². The molecular weight excluding hydrogens is 352 g/mol. The fourth-order valence-electron chi connectivity index (χ4n) is 5.42. The van der Waals surface area contributed by atoms with Crippen molar-refractivity contribution in [3.05, 3.63) is 0 Å². The number of nitrogens with zero attached hydrogens (tertiary/aromatic N) is 6. The monoisotopic (exact) mass is 362 g/mol. The smallest absolute Gasteiger partial charge is 0.330 e. The zero-order valence-electron chi connectivity index (χ0n) is 12.9. The number of amides is 12. The molecule has 1 unspecified atom stereocenters. The molecule has 4 bridgehead atoms. The van der Waals surface area contributed by atoms with E-state index in [0.29, 0.717) is 19.6 Å². The fraction of sp³-hybridized carbons (Fsp3) is 0.500. The van der Waals surface area contributed by atoms with Crippen molar-refractivity contribution >= 4 is 36.2 Å². The first-order valence-electron chi connectivity index (χ1n) is 7.80. The average Bonchev–Trinajstić information content (AvgIpc) is 3.00. The molecule has 134 valence electrons. The molecule has 6 rings (SSSR count). The summed E-state index contributed by atoms with van der Waals surface area (Å²) < 4.78 is 0. The van der Waals surface area contributed by atoms with Gasteiger partial charge < -0.3 is 5.73 Å². The van der Waals surface area contributed by atoms with Crippen molar-refractivity contribution in [1.82, 2.24) is 29.4 Å². The Labute approximate surface area is 143 Å². The molecule has 0 aliphatic carbocycles. The van der Waals surface area contributed by atoms with Gasteiger partial charge in [0.2, 0.25) is 11.4 Å². The van der Waals surface area contributed by atoms with E-state index in [4.69, 9.17) is 11.5 Å². The minimum absolute atomic E-state index is 0.00903. The van der Waals surface area contributed by atoms with Crippen LogP contribution < -0.4 is 11.5 Å². The first-order chi connectivity index (χ1) is 12.3. The minimum atomic E-state index is -2.07. The van der Waals surface area contributed by atoms with Gasteiger partial charge in [0, 0.05) is 0 Å². The molecule has 0 saturated carbocycles. The van der Waals surface area contributed by atoms with Crippen LogP contribution in [0.1, 0.15) is 12.8 Å². The molecule has 14 heteroatoms. The molecule has 26 heavy (non-hydrogen) atoms. The Balaban J connectivity index is 1.69. The van der Waals surface area contributed by atoms with Crippen molar-refractivity contribution in [2.24, 2.45) is 11.5 Å². The third kappa shape index (κ3) is 0.751. The summed E-state index contributed by atoms with van der Waals surface area (Å²) in [6, 6.07) is -5.78. The lowest BCUT2D eigenvalue weighted by Crippen LogP contribution is -2.90. The fourth-order valence-corrected chi connectivity index (χ4v) is 5.42. The van der Waals surface area contributed by atoms with Crippen LogP contribution in [0.25, 0.3) is 0 Å². The summed E-state index contributed by atoms with van der Waals surface area (Å²) in [6.07, 6.45) is 0.284.